The van der Waals surface area contributed by atoms with Crippen LogP contribution in [0.2, 0.25) is 0 Å². The minimum absolute atomic E-state index is 0.840. The molecule has 1 aliphatic rings. The second-order valence-corrected chi connectivity index (χ2v) is 4.99. The monoisotopic (exact) mass is 190 g/mol. The van der Waals surface area contributed by atoms with Crippen LogP contribution < -0.4 is 0 Å². The third-order valence-electron chi connectivity index (χ3n) is 2.39. The Morgan fingerprint density at radius 2 is 2.00 bits per heavy atom. The average molecular weight is 190 g/mol. The quantitative estimate of drug-likeness (QED) is 0.701. The van der Waals surface area contributed by atoms with Crippen molar-refractivity contribution in [3.63, 3.8) is 0 Å². The molecule has 13 heavy (non-hydrogen) atoms. The Balaban J connectivity index is 1.77. The first kappa shape index (κ1) is 8.89. The summed E-state index contributed by atoms with van der Waals surface area (Å²) in [5.74, 6) is 0. The normalized spacial score (nSPS) is 21.2. The topological polar surface area (TPSA) is 0 Å². The molecule has 0 N–H and O–H groups in total. The van der Waals surface area contributed by atoms with Gasteiger partial charge in [-0.05, 0) is 29.7 Å². The van der Waals surface area contributed by atoms with Crippen molar-refractivity contribution in [3.8, 4) is 0 Å². The van der Waals surface area contributed by atoms with E-state index in [2.05, 4.69) is 36.9 Å². The minimum atomic E-state index is 0.840. The first-order valence-corrected chi connectivity index (χ1v) is 5.61. The predicted octanol–water partition coefficient (Wildman–Crippen LogP) is 3.64. The van der Waals surface area contributed by atoms with Crippen LogP contribution >= 0.6 is 11.8 Å². The molecule has 2 rings (SSSR count). The van der Waals surface area contributed by atoms with Crippen molar-refractivity contribution < 1.29 is 0 Å². The number of hydrogen-bond acceptors (Lipinski definition) is 1. The number of benzene rings is 1. The van der Waals surface area contributed by atoms with E-state index in [9.17, 15) is 0 Å². The Labute approximate surface area is 84.0 Å². The lowest BCUT2D eigenvalue weighted by molar-refractivity contribution is 0.740. The third kappa shape index (κ3) is 2.38. The molecule has 1 unspecified atom stereocenters. The molecule has 0 saturated carbocycles. The summed E-state index contributed by atoms with van der Waals surface area (Å²) >= 11 is 1.95. The maximum atomic E-state index is 3.93. The largest absolute Gasteiger partial charge is 0.127 e. The van der Waals surface area contributed by atoms with Gasteiger partial charge in [-0.25, -0.2) is 0 Å². The van der Waals surface area contributed by atoms with Crippen LogP contribution in [-0.2, 0) is 6.42 Å². The van der Waals surface area contributed by atoms with Gasteiger partial charge < -0.3 is 0 Å². The Morgan fingerprint density at radius 1 is 1.31 bits per heavy atom. The Bertz CT molecular complexity index is 281. The first-order valence-electron chi connectivity index (χ1n) is 4.73. The molecule has 1 aliphatic heterocycles. The van der Waals surface area contributed by atoms with Gasteiger partial charge >= 0.3 is 0 Å². The number of rotatable bonds is 3. The van der Waals surface area contributed by atoms with E-state index in [1.807, 2.05) is 11.8 Å². The van der Waals surface area contributed by atoms with Gasteiger partial charge in [0.15, 0.2) is 0 Å². The Kier molecular flexibility index (Phi) is 2.74. The molecule has 0 aliphatic carbocycles. The minimum Gasteiger partial charge on any atom is -0.127 e. The average Bonchev–Trinajstić information content (AvgIpc) is 2.12. The summed E-state index contributed by atoms with van der Waals surface area (Å²) in [6, 6.07) is 10.7. The molecule has 68 valence electrons. The highest BCUT2D eigenvalue weighted by Crippen LogP contribution is 2.41. The zero-order valence-corrected chi connectivity index (χ0v) is 8.52. The zero-order chi connectivity index (χ0) is 9.10. The highest BCUT2D eigenvalue weighted by Gasteiger charge is 2.21. The van der Waals surface area contributed by atoms with Crippen molar-refractivity contribution in [2.75, 3.05) is 0 Å². The van der Waals surface area contributed by atoms with Gasteiger partial charge in [-0.1, -0.05) is 36.9 Å². The van der Waals surface area contributed by atoms with E-state index >= 15 is 0 Å². The number of aryl methyl sites for hydroxylation is 1. The van der Waals surface area contributed by atoms with Crippen LogP contribution in [0.5, 0.6) is 0 Å². The summed E-state index contributed by atoms with van der Waals surface area (Å²) < 4.78 is 0. The SMILES string of the molecule is C=C1CC(CCc2ccccc2)S1. The standard InChI is InChI=1S/C12H14S/c1-10-9-12(13-10)8-7-11-5-3-2-4-6-11/h2-6,12H,1,7-9H2. The van der Waals surface area contributed by atoms with Gasteiger partial charge in [0, 0.05) is 5.25 Å². The van der Waals surface area contributed by atoms with Crippen LogP contribution in [0.3, 0.4) is 0 Å². The summed E-state index contributed by atoms with van der Waals surface area (Å²) in [6.07, 6.45) is 3.75. The Hall–Kier alpha value is -0.690. The lowest BCUT2D eigenvalue weighted by atomic mass is 10.1. The van der Waals surface area contributed by atoms with Crippen molar-refractivity contribution in [2.24, 2.45) is 0 Å². The lowest BCUT2D eigenvalue weighted by Crippen LogP contribution is -2.13. The van der Waals surface area contributed by atoms with Gasteiger partial charge in [-0.15, -0.1) is 11.8 Å². The molecule has 1 atom stereocenters. The second kappa shape index (κ2) is 4.01. The second-order valence-electron chi connectivity index (χ2n) is 3.51. The van der Waals surface area contributed by atoms with Crippen molar-refractivity contribution in [3.05, 3.63) is 47.4 Å². The van der Waals surface area contributed by atoms with Crippen molar-refractivity contribution >= 4 is 11.8 Å². The van der Waals surface area contributed by atoms with Gasteiger partial charge in [0.25, 0.3) is 0 Å². The molecule has 0 nitrogen and oxygen atoms in total. The molecule has 1 aromatic carbocycles. The van der Waals surface area contributed by atoms with E-state index in [-0.39, 0.29) is 0 Å². The maximum Gasteiger partial charge on any atom is 0.0139 e. The van der Waals surface area contributed by atoms with Crippen molar-refractivity contribution in [2.45, 2.75) is 24.5 Å². The van der Waals surface area contributed by atoms with Crippen LogP contribution in [-0.4, -0.2) is 5.25 Å². The van der Waals surface area contributed by atoms with Crippen molar-refractivity contribution in [1.82, 2.24) is 0 Å². The smallest absolute Gasteiger partial charge is 0.0139 e. The molecule has 1 heterocycles. The molecule has 0 radical (unpaired) electrons. The van der Waals surface area contributed by atoms with Crippen LogP contribution in [0.1, 0.15) is 18.4 Å². The molecule has 0 spiro atoms. The molecule has 0 bridgehead atoms. The van der Waals surface area contributed by atoms with Gasteiger partial charge in [-0.3, -0.25) is 0 Å². The van der Waals surface area contributed by atoms with Crippen LogP contribution in [0.15, 0.2) is 41.8 Å². The summed E-state index contributed by atoms with van der Waals surface area (Å²) in [6.45, 7) is 3.93. The first-order chi connectivity index (χ1) is 6.34. The molecule has 1 aromatic rings. The van der Waals surface area contributed by atoms with Crippen LogP contribution in [0.4, 0.5) is 0 Å². The summed E-state index contributed by atoms with van der Waals surface area (Å²) in [5, 5.41) is 0.840. The highest BCUT2D eigenvalue weighted by atomic mass is 32.2. The fourth-order valence-electron chi connectivity index (χ4n) is 1.61. The fourth-order valence-corrected chi connectivity index (χ4v) is 2.60. The van der Waals surface area contributed by atoms with Gasteiger partial charge in [-0.2, -0.15) is 0 Å². The third-order valence-corrected chi connectivity index (χ3v) is 3.62. The maximum absolute atomic E-state index is 3.93. The van der Waals surface area contributed by atoms with E-state index in [0.717, 1.165) is 5.25 Å². The molecule has 1 fully saturated rings. The molecule has 0 aromatic heterocycles. The predicted molar refractivity (Wildman–Crippen MR) is 59.9 cm³/mol. The summed E-state index contributed by atoms with van der Waals surface area (Å²) in [4.78, 5) is 1.36. The van der Waals surface area contributed by atoms with E-state index in [4.69, 9.17) is 0 Å². The fraction of sp³-hybridized carbons (Fsp3) is 0.333. The number of hydrogen-bond donors (Lipinski definition) is 0. The van der Waals surface area contributed by atoms with Gasteiger partial charge in [0.05, 0.1) is 0 Å². The lowest BCUT2D eigenvalue weighted by Gasteiger charge is -2.27. The van der Waals surface area contributed by atoms with Crippen LogP contribution in [0.25, 0.3) is 0 Å². The van der Waals surface area contributed by atoms with Crippen LogP contribution in [0, 0.1) is 0 Å². The van der Waals surface area contributed by atoms with Crippen molar-refractivity contribution in [1.29, 1.82) is 0 Å². The van der Waals surface area contributed by atoms with E-state index in [0.29, 0.717) is 0 Å². The zero-order valence-electron chi connectivity index (χ0n) is 7.70. The van der Waals surface area contributed by atoms with Gasteiger partial charge in [0.1, 0.15) is 0 Å². The molecular formula is C12H14S. The Morgan fingerprint density at radius 3 is 2.62 bits per heavy atom. The van der Waals surface area contributed by atoms with E-state index in [1.165, 1.54) is 29.7 Å². The van der Waals surface area contributed by atoms with Gasteiger partial charge in [0.2, 0.25) is 0 Å². The number of allylic oxidation sites excluding steroid dienone is 1. The number of thioether (sulfide) groups is 1. The summed E-state index contributed by atoms with van der Waals surface area (Å²) in [5.41, 5.74) is 1.46. The molecular weight excluding hydrogens is 176 g/mol. The van der Waals surface area contributed by atoms with E-state index in [1.54, 1.807) is 0 Å². The summed E-state index contributed by atoms with van der Waals surface area (Å²) in [7, 11) is 0. The molecule has 1 saturated heterocycles. The molecule has 1 heteroatoms. The molecule has 0 amide bonds. The van der Waals surface area contributed by atoms with E-state index < -0.39 is 0 Å². The highest BCUT2D eigenvalue weighted by molar-refractivity contribution is 8.05.